The van der Waals surface area contributed by atoms with Crippen LogP contribution in [0.1, 0.15) is 78.9 Å². The van der Waals surface area contributed by atoms with Crippen LogP contribution in [-0.4, -0.2) is 79.8 Å². The molecule has 1 aliphatic heterocycles. The monoisotopic (exact) mass is 772 g/mol. The smallest absolute Gasteiger partial charge is 0.279 e. The fraction of sp³-hybridized carbons (Fsp3) is 0.667. The minimum absolute atomic E-state index is 0.00360. The van der Waals surface area contributed by atoms with Crippen molar-refractivity contribution in [2.75, 3.05) is 6.61 Å². The molecule has 0 aliphatic carbocycles. The Labute approximate surface area is 311 Å². The highest BCUT2D eigenvalue weighted by atomic mass is 28.4. The number of non-ortho nitro benzene ring substituents is 1. The lowest BCUT2D eigenvalue weighted by Gasteiger charge is -2.44. The van der Waals surface area contributed by atoms with E-state index in [0.717, 1.165) is 0 Å². The highest BCUT2D eigenvalue weighted by Crippen LogP contribution is 2.47. The van der Waals surface area contributed by atoms with E-state index < -0.39 is 60.3 Å². The normalized spacial score (nSPS) is 21.3. The van der Waals surface area contributed by atoms with E-state index in [9.17, 15) is 14.9 Å². The minimum Gasteiger partial charge on any atom is -0.414 e. The first-order valence-corrected chi connectivity index (χ1v) is 26.7. The summed E-state index contributed by atoms with van der Waals surface area (Å²) in [7, 11) is -5.18. The second-order valence-electron chi connectivity index (χ2n) is 18.5. The Kier molecular flexibility index (Phi) is 11.6. The number of ether oxygens (including phenoxy) is 1. The van der Waals surface area contributed by atoms with Gasteiger partial charge in [-0.3, -0.25) is 19.5 Å². The van der Waals surface area contributed by atoms with Gasteiger partial charge in [0.2, 0.25) is 0 Å². The average Bonchev–Trinajstić information content (AvgIpc) is 3.56. The van der Waals surface area contributed by atoms with Gasteiger partial charge in [-0.25, -0.2) is 9.97 Å². The van der Waals surface area contributed by atoms with Crippen molar-refractivity contribution in [3.05, 3.63) is 58.1 Å². The maximum absolute atomic E-state index is 13.3. The van der Waals surface area contributed by atoms with Gasteiger partial charge in [-0.2, -0.15) is 4.99 Å². The van der Waals surface area contributed by atoms with Crippen molar-refractivity contribution in [2.45, 2.75) is 141 Å². The molecular weight excluding hydrogens is 713 g/mol. The first kappa shape index (κ1) is 41.9. The Balaban J connectivity index is 1.88. The maximum atomic E-state index is 13.3. The molecule has 4 atom stereocenters. The van der Waals surface area contributed by atoms with E-state index in [-0.39, 0.29) is 26.4 Å². The number of aryl methyl sites for hydroxylation is 1. The Morgan fingerprint density at radius 3 is 1.87 bits per heavy atom. The summed E-state index contributed by atoms with van der Waals surface area (Å²) < 4.78 is 31.9. The summed E-state index contributed by atoms with van der Waals surface area (Å²) in [5, 5.41) is 11.0. The molecular formula is C36H60N6O7Si3. The third-order valence-electron chi connectivity index (χ3n) is 11.6. The lowest BCUT2D eigenvalue weighted by molar-refractivity contribution is -0.384. The molecule has 0 spiro atoms. The molecule has 52 heavy (non-hydrogen) atoms. The van der Waals surface area contributed by atoms with Gasteiger partial charge in [-0.15, -0.1) is 0 Å². The second kappa shape index (κ2) is 14.4. The molecule has 0 N–H and O–H groups in total. The van der Waals surface area contributed by atoms with Crippen molar-refractivity contribution >= 4 is 47.7 Å². The Bertz CT molecular complexity index is 1850. The third kappa shape index (κ3) is 8.58. The molecule has 3 heterocycles. The number of amides is 1. The molecule has 0 unspecified atom stereocenters. The van der Waals surface area contributed by atoms with Gasteiger partial charge in [-0.05, 0) is 66.5 Å². The fourth-order valence-corrected chi connectivity index (χ4v) is 8.70. The molecule has 0 radical (unpaired) electrons. The van der Waals surface area contributed by atoms with E-state index in [1.165, 1.54) is 24.3 Å². The molecule has 4 rings (SSSR count). The Morgan fingerprint density at radius 2 is 1.37 bits per heavy atom. The van der Waals surface area contributed by atoms with Crippen LogP contribution >= 0.6 is 0 Å². The number of hydrogen-bond donors (Lipinski definition) is 0. The van der Waals surface area contributed by atoms with E-state index in [1.54, 1.807) is 24.3 Å². The van der Waals surface area contributed by atoms with E-state index in [4.69, 9.17) is 28.0 Å². The summed E-state index contributed by atoms with van der Waals surface area (Å²) >= 11 is 0. The zero-order valence-electron chi connectivity index (χ0n) is 34.0. The largest absolute Gasteiger partial charge is 0.414 e. The first-order valence-electron chi connectivity index (χ1n) is 17.9. The Hall–Kier alpha value is -2.87. The fourth-order valence-electron chi connectivity index (χ4n) is 5.08. The summed E-state index contributed by atoms with van der Waals surface area (Å²) in [4.78, 5) is 37.8. The van der Waals surface area contributed by atoms with Crippen LogP contribution in [0.3, 0.4) is 0 Å². The van der Waals surface area contributed by atoms with Crippen molar-refractivity contribution in [3.63, 3.8) is 0 Å². The number of fused-ring (bicyclic) bond motifs is 1. The van der Waals surface area contributed by atoms with Gasteiger partial charge in [-0.1, -0.05) is 62.3 Å². The zero-order valence-corrected chi connectivity index (χ0v) is 37.0. The van der Waals surface area contributed by atoms with Crippen LogP contribution in [-0.2, 0) is 25.1 Å². The van der Waals surface area contributed by atoms with Crippen LogP contribution in [0.2, 0.25) is 54.4 Å². The molecule has 0 bridgehead atoms. The van der Waals surface area contributed by atoms with E-state index in [1.807, 2.05) is 4.57 Å². The molecule has 1 aliphatic rings. The number of nitro groups is 1. The SMILES string of the molecule is Cn1cnc2c(ncn2[C@@H]2O[C@H](CO[Si](C)(C)C(C)(C)C)[C@@H](O[Si](C)(C)C(C)(C)C)[C@H]2O[Si](C)(C)C(C)(C)C)c1=NC(=O)c1ccc([N+](=O)[O-])cc1. The van der Waals surface area contributed by atoms with Crippen LogP contribution in [0.15, 0.2) is 41.9 Å². The van der Waals surface area contributed by atoms with Crippen LogP contribution < -0.4 is 5.49 Å². The minimum atomic E-state index is -2.40. The predicted molar refractivity (Wildman–Crippen MR) is 211 cm³/mol. The lowest BCUT2D eigenvalue weighted by atomic mass is 10.1. The van der Waals surface area contributed by atoms with E-state index in [0.29, 0.717) is 23.3 Å². The highest BCUT2D eigenvalue weighted by Gasteiger charge is 2.55. The van der Waals surface area contributed by atoms with Crippen LogP contribution in [0.5, 0.6) is 0 Å². The molecule has 1 aromatic carbocycles. The number of aromatic nitrogens is 4. The third-order valence-corrected chi connectivity index (χ3v) is 25.1. The molecule has 16 heteroatoms. The van der Waals surface area contributed by atoms with Gasteiger partial charge >= 0.3 is 0 Å². The zero-order chi connectivity index (χ0) is 39.4. The van der Waals surface area contributed by atoms with E-state index in [2.05, 4.69) is 107 Å². The van der Waals surface area contributed by atoms with Crippen LogP contribution in [0, 0.1) is 10.1 Å². The summed E-state index contributed by atoms with van der Waals surface area (Å²) in [5.74, 6) is -0.561. The van der Waals surface area contributed by atoms with Crippen molar-refractivity contribution in [1.29, 1.82) is 0 Å². The molecule has 288 valence electrons. The standard InChI is InChI=1S/C36H60N6O7Si3/c1-34(2,3)50(11,12)46-21-26-28(48-51(13,14)35(4,5)6)29(49-52(15,16)36(7,8)9)33(47-26)41-23-37-27-30(41)38-22-40(10)31(27)39-32(43)24-17-19-25(20-18-24)42(44)45/h17-20,22-23,26,28-29,33H,21H2,1-16H3/t26-,28-,29-,33-/m1/s1. The number of carbonyl (C=O) groups excluding carboxylic acids is 1. The molecule has 1 saturated heterocycles. The van der Waals surface area contributed by atoms with Crippen molar-refractivity contribution in [2.24, 2.45) is 12.0 Å². The molecule has 13 nitrogen and oxygen atoms in total. The number of carbonyl (C=O) groups is 1. The van der Waals surface area contributed by atoms with Crippen LogP contribution in [0.4, 0.5) is 5.69 Å². The number of hydrogen-bond acceptors (Lipinski definition) is 9. The molecule has 1 fully saturated rings. The van der Waals surface area contributed by atoms with Gasteiger partial charge in [0, 0.05) is 24.7 Å². The quantitative estimate of drug-likeness (QED) is 0.113. The number of rotatable bonds is 10. The predicted octanol–water partition coefficient (Wildman–Crippen LogP) is 8.12. The number of nitrogens with zero attached hydrogens (tertiary/aromatic N) is 6. The van der Waals surface area contributed by atoms with E-state index >= 15 is 0 Å². The van der Waals surface area contributed by atoms with Crippen molar-refractivity contribution in [1.82, 2.24) is 19.1 Å². The van der Waals surface area contributed by atoms with Crippen LogP contribution in [0.25, 0.3) is 11.2 Å². The number of benzene rings is 1. The number of nitro benzene ring substituents is 1. The van der Waals surface area contributed by atoms with Crippen molar-refractivity contribution < 1.29 is 27.7 Å². The molecule has 0 saturated carbocycles. The number of imidazole rings is 1. The first-order chi connectivity index (χ1) is 23.6. The molecule has 3 aromatic rings. The summed E-state index contributed by atoms with van der Waals surface area (Å²) in [6, 6.07) is 5.36. The average molecular weight is 773 g/mol. The van der Waals surface area contributed by atoms with Crippen molar-refractivity contribution in [3.8, 4) is 0 Å². The second-order valence-corrected chi connectivity index (χ2v) is 32.9. The molecule has 2 aromatic heterocycles. The molecule has 1 amide bonds. The lowest BCUT2D eigenvalue weighted by Crippen LogP contribution is -2.54. The van der Waals surface area contributed by atoms with Gasteiger partial charge in [0.15, 0.2) is 47.8 Å². The highest BCUT2D eigenvalue weighted by molar-refractivity contribution is 6.75. The van der Waals surface area contributed by atoms with Gasteiger partial charge in [0.05, 0.1) is 24.2 Å². The van der Waals surface area contributed by atoms with Gasteiger partial charge < -0.3 is 22.6 Å². The summed E-state index contributed by atoms with van der Waals surface area (Å²) in [6.45, 7) is 33.8. The summed E-state index contributed by atoms with van der Waals surface area (Å²) in [5.41, 5.74) is 1.27. The Morgan fingerprint density at radius 1 is 0.846 bits per heavy atom. The van der Waals surface area contributed by atoms with Gasteiger partial charge in [0.1, 0.15) is 18.3 Å². The van der Waals surface area contributed by atoms with Gasteiger partial charge in [0.25, 0.3) is 11.6 Å². The maximum Gasteiger partial charge on any atom is 0.279 e. The topological polar surface area (TPSA) is 145 Å². The summed E-state index contributed by atoms with van der Waals surface area (Å²) in [6.07, 6.45) is 1.20.